The van der Waals surface area contributed by atoms with Gasteiger partial charge in [-0.15, -0.1) is 11.3 Å². The monoisotopic (exact) mass is 449 g/mol. The van der Waals surface area contributed by atoms with Crippen molar-refractivity contribution in [2.24, 2.45) is 0 Å². The second-order valence-electron chi connectivity index (χ2n) is 7.24. The molecule has 3 aromatic rings. The van der Waals surface area contributed by atoms with Crippen LogP contribution >= 0.6 is 11.3 Å². The summed E-state index contributed by atoms with van der Waals surface area (Å²) >= 11 is 1.69. The van der Waals surface area contributed by atoms with Crippen LogP contribution in [0.15, 0.2) is 54.6 Å². The van der Waals surface area contributed by atoms with Crippen LogP contribution in [0.1, 0.15) is 35.4 Å². The molecule has 0 saturated carbocycles. The number of aryl methyl sites for hydroxylation is 1. The molecule has 0 amide bonds. The van der Waals surface area contributed by atoms with E-state index in [0.29, 0.717) is 31.8 Å². The maximum atomic E-state index is 12.0. The lowest BCUT2D eigenvalue weighted by Gasteiger charge is -2.15. The molecule has 166 valence electrons. The lowest BCUT2D eigenvalue weighted by Crippen LogP contribution is -2.28. The van der Waals surface area contributed by atoms with Crippen molar-refractivity contribution in [3.63, 3.8) is 0 Å². The van der Waals surface area contributed by atoms with Crippen molar-refractivity contribution in [3.05, 3.63) is 76.2 Å². The number of thiophene rings is 1. The quantitative estimate of drug-likeness (QED) is 0.372. The molecule has 0 N–H and O–H groups in total. The Bertz CT molecular complexity index is 1060. The van der Waals surface area contributed by atoms with Crippen molar-refractivity contribution >= 4 is 17.3 Å². The maximum absolute atomic E-state index is 12.0. The van der Waals surface area contributed by atoms with Crippen LogP contribution in [0.3, 0.4) is 0 Å². The number of esters is 1. The Hall–Kier alpha value is -3.14. The average Bonchev–Trinajstić information content (AvgIpc) is 3.19. The number of hydrogen-bond donors (Lipinski definition) is 0. The Balaban J connectivity index is 1.61. The summed E-state index contributed by atoms with van der Waals surface area (Å²) in [7, 11) is 0. The third-order valence-electron chi connectivity index (χ3n) is 4.95. The van der Waals surface area contributed by atoms with Crippen molar-refractivity contribution in [1.29, 1.82) is 5.26 Å². The Kier molecular flexibility index (Phi) is 8.43. The van der Waals surface area contributed by atoms with Crippen LogP contribution in [-0.2, 0) is 27.3 Å². The lowest BCUT2D eigenvalue weighted by molar-refractivity contribution is -0.156. The van der Waals surface area contributed by atoms with E-state index in [-0.39, 0.29) is 5.97 Å². The second-order valence-corrected chi connectivity index (χ2v) is 8.38. The fraction of sp³-hybridized carbons (Fsp3) is 0.308. The zero-order valence-corrected chi connectivity index (χ0v) is 19.4. The SMILES string of the molecule is CCOC(=O)C(Cc1ccc(OCc2sc(-c3ccc(C#N)cc3)cc2C)cc1)OCC. The van der Waals surface area contributed by atoms with Gasteiger partial charge in [0.2, 0.25) is 0 Å². The molecule has 6 heteroatoms. The van der Waals surface area contributed by atoms with Crippen LogP contribution in [0.25, 0.3) is 10.4 Å². The van der Waals surface area contributed by atoms with E-state index < -0.39 is 6.10 Å². The first-order valence-corrected chi connectivity index (χ1v) is 11.5. The maximum Gasteiger partial charge on any atom is 0.335 e. The Morgan fingerprint density at radius 3 is 2.41 bits per heavy atom. The van der Waals surface area contributed by atoms with Crippen LogP contribution in [0, 0.1) is 18.3 Å². The Labute approximate surface area is 193 Å². The molecular formula is C26H27NO4S. The number of rotatable bonds is 10. The van der Waals surface area contributed by atoms with E-state index in [1.54, 1.807) is 18.3 Å². The van der Waals surface area contributed by atoms with Crippen LogP contribution in [0.5, 0.6) is 5.75 Å². The molecule has 2 aromatic carbocycles. The summed E-state index contributed by atoms with van der Waals surface area (Å²) in [5.41, 5.74) is 3.92. The number of nitriles is 1. The summed E-state index contributed by atoms with van der Waals surface area (Å²) in [6, 6.07) is 19.6. The van der Waals surface area contributed by atoms with E-state index >= 15 is 0 Å². The summed E-state index contributed by atoms with van der Waals surface area (Å²) in [6.07, 6.45) is -0.133. The fourth-order valence-electron chi connectivity index (χ4n) is 3.25. The molecule has 1 unspecified atom stereocenters. The highest BCUT2D eigenvalue weighted by molar-refractivity contribution is 7.15. The summed E-state index contributed by atoms with van der Waals surface area (Å²) in [4.78, 5) is 14.4. The number of benzene rings is 2. The van der Waals surface area contributed by atoms with Gasteiger partial charge >= 0.3 is 5.97 Å². The number of carbonyl (C=O) groups excluding carboxylic acids is 1. The van der Waals surface area contributed by atoms with E-state index in [1.165, 1.54) is 5.56 Å². The standard InChI is InChI=1S/C26H27NO4S/c1-4-29-23(26(28)30-5-2)15-19-8-12-22(13-9-19)31-17-25-18(3)14-24(32-25)21-10-6-20(16-27)7-11-21/h6-14,23H,4-5,15,17H2,1-3H3. The van der Waals surface area contributed by atoms with Gasteiger partial charge in [0.05, 0.1) is 18.2 Å². The lowest BCUT2D eigenvalue weighted by atomic mass is 10.1. The minimum atomic E-state index is -0.596. The minimum Gasteiger partial charge on any atom is -0.488 e. The smallest absolute Gasteiger partial charge is 0.335 e. The molecule has 3 rings (SSSR count). The number of ether oxygens (including phenoxy) is 3. The third kappa shape index (κ3) is 6.19. The molecule has 0 fully saturated rings. The highest BCUT2D eigenvalue weighted by Crippen LogP contribution is 2.32. The predicted molar refractivity (Wildman–Crippen MR) is 126 cm³/mol. The highest BCUT2D eigenvalue weighted by Gasteiger charge is 2.20. The summed E-state index contributed by atoms with van der Waals surface area (Å²) in [5, 5.41) is 8.96. The molecule has 0 radical (unpaired) electrons. The van der Waals surface area contributed by atoms with E-state index in [2.05, 4.69) is 19.1 Å². The van der Waals surface area contributed by atoms with Crippen LogP contribution in [0.2, 0.25) is 0 Å². The average molecular weight is 450 g/mol. The molecule has 32 heavy (non-hydrogen) atoms. The normalized spacial score (nSPS) is 11.6. The van der Waals surface area contributed by atoms with Gasteiger partial charge in [-0.3, -0.25) is 0 Å². The Morgan fingerprint density at radius 1 is 1.06 bits per heavy atom. The van der Waals surface area contributed by atoms with E-state index in [1.807, 2.05) is 55.5 Å². The zero-order chi connectivity index (χ0) is 22.9. The molecule has 1 atom stereocenters. The first-order chi connectivity index (χ1) is 15.5. The molecule has 1 aromatic heterocycles. The third-order valence-corrected chi connectivity index (χ3v) is 6.21. The van der Waals surface area contributed by atoms with Gasteiger partial charge in [-0.1, -0.05) is 24.3 Å². The number of nitrogens with zero attached hydrogens (tertiary/aromatic N) is 1. The number of carbonyl (C=O) groups is 1. The highest BCUT2D eigenvalue weighted by atomic mass is 32.1. The first-order valence-electron chi connectivity index (χ1n) is 10.6. The molecule has 0 spiro atoms. The zero-order valence-electron chi connectivity index (χ0n) is 18.6. The molecule has 1 heterocycles. The van der Waals surface area contributed by atoms with E-state index in [0.717, 1.165) is 26.6 Å². The van der Waals surface area contributed by atoms with Crippen molar-refractivity contribution in [2.75, 3.05) is 13.2 Å². The summed E-state index contributed by atoms with van der Waals surface area (Å²) < 4.78 is 16.6. The molecule has 0 aliphatic carbocycles. The second kappa shape index (κ2) is 11.5. The van der Waals surface area contributed by atoms with Gasteiger partial charge in [0.15, 0.2) is 6.10 Å². The predicted octanol–water partition coefficient (Wildman–Crippen LogP) is 5.68. The van der Waals surface area contributed by atoms with Crippen LogP contribution < -0.4 is 4.74 Å². The van der Waals surface area contributed by atoms with E-state index in [9.17, 15) is 4.79 Å². The molecule has 0 aliphatic heterocycles. The molecule has 0 aliphatic rings. The van der Waals surface area contributed by atoms with Gasteiger partial charge in [0.25, 0.3) is 0 Å². The van der Waals surface area contributed by atoms with Crippen molar-refractivity contribution in [1.82, 2.24) is 0 Å². The van der Waals surface area contributed by atoms with Gasteiger partial charge in [0.1, 0.15) is 12.4 Å². The van der Waals surface area contributed by atoms with Gasteiger partial charge in [-0.25, -0.2) is 4.79 Å². The Morgan fingerprint density at radius 2 is 1.78 bits per heavy atom. The van der Waals surface area contributed by atoms with Crippen molar-refractivity contribution < 1.29 is 19.0 Å². The molecule has 0 saturated heterocycles. The number of hydrogen-bond acceptors (Lipinski definition) is 6. The first kappa shape index (κ1) is 23.5. The van der Waals surface area contributed by atoms with Gasteiger partial charge in [-0.05, 0) is 67.8 Å². The van der Waals surface area contributed by atoms with Gasteiger partial charge < -0.3 is 14.2 Å². The van der Waals surface area contributed by atoms with Crippen molar-refractivity contribution in [3.8, 4) is 22.3 Å². The van der Waals surface area contributed by atoms with Gasteiger partial charge in [-0.2, -0.15) is 5.26 Å². The molecular weight excluding hydrogens is 422 g/mol. The summed E-state index contributed by atoms with van der Waals surface area (Å²) in [5.74, 6) is 0.437. The molecule has 0 bridgehead atoms. The summed E-state index contributed by atoms with van der Waals surface area (Å²) in [6.45, 7) is 7.00. The molecule has 5 nitrogen and oxygen atoms in total. The minimum absolute atomic E-state index is 0.332. The topological polar surface area (TPSA) is 68.5 Å². The van der Waals surface area contributed by atoms with Crippen molar-refractivity contribution in [2.45, 2.75) is 39.9 Å². The van der Waals surface area contributed by atoms with Crippen LogP contribution in [-0.4, -0.2) is 25.3 Å². The largest absolute Gasteiger partial charge is 0.488 e. The fourth-order valence-corrected chi connectivity index (χ4v) is 4.34. The van der Waals surface area contributed by atoms with E-state index in [4.69, 9.17) is 19.5 Å². The van der Waals surface area contributed by atoms with Crippen LogP contribution in [0.4, 0.5) is 0 Å². The van der Waals surface area contributed by atoms with Gasteiger partial charge in [0, 0.05) is 22.8 Å².